The lowest BCUT2D eigenvalue weighted by Crippen LogP contribution is -2.64. The van der Waals surface area contributed by atoms with Gasteiger partial charge in [-0.25, -0.2) is 4.79 Å². The van der Waals surface area contributed by atoms with Crippen molar-refractivity contribution in [2.24, 2.45) is 0 Å². The third kappa shape index (κ3) is 5.70. The number of likely N-dealkylation sites (tertiary alicyclic amines) is 2. The summed E-state index contributed by atoms with van der Waals surface area (Å²) in [6.07, 6.45) is 0.526. The second-order valence-electron chi connectivity index (χ2n) is 11.6. The highest BCUT2D eigenvalue weighted by atomic mass is 16.6. The Balaban J connectivity index is 1.14. The Morgan fingerprint density at radius 3 is 2.08 bits per heavy atom. The molecule has 2 aromatic carbocycles. The maximum absolute atomic E-state index is 13.5. The molecule has 202 valence electrons. The maximum Gasteiger partial charge on any atom is 0.410 e. The first-order valence-electron chi connectivity index (χ1n) is 13.6. The summed E-state index contributed by atoms with van der Waals surface area (Å²) in [6.45, 7) is 11.3. The van der Waals surface area contributed by atoms with E-state index in [0.717, 1.165) is 36.2 Å². The fraction of sp³-hybridized carbons (Fsp3) is 0.500. The molecule has 0 aromatic heterocycles. The minimum absolute atomic E-state index is 0.0606. The van der Waals surface area contributed by atoms with Gasteiger partial charge in [-0.05, 0) is 51.0 Å². The van der Waals surface area contributed by atoms with Crippen LogP contribution in [0.2, 0.25) is 0 Å². The number of amides is 3. The molecule has 3 saturated heterocycles. The Morgan fingerprint density at radius 1 is 0.737 bits per heavy atom. The van der Waals surface area contributed by atoms with Crippen molar-refractivity contribution >= 4 is 17.9 Å². The van der Waals surface area contributed by atoms with Gasteiger partial charge >= 0.3 is 6.09 Å². The lowest BCUT2D eigenvalue weighted by molar-refractivity contribution is 0.00845. The summed E-state index contributed by atoms with van der Waals surface area (Å²) in [5.74, 6) is 0.268. The number of rotatable bonds is 4. The molecule has 3 amide bonds. The van der Waals surface area contributed by atoms with Gasteiger partial charge in [0, 0.05) is 75.4 Å². The highest BCUT2D eigenvalue weighted by Crippen LogP contribution is 2.32. The number of ether oxygens (including phenoxy) is 1. The van der Waals surface area contributed by atoms with Crippen LogP contribution in [0.4, 0.5) is 4.79 Å². The highest BCUT2D eigenvalue weighted by molar-refractivity contribution is 5.96. The normalized spacial score (nSPS) is 20.8. The quantitative estimate of drug-likeness (QED) is 0.617. The predicted molar refractivity (Wildman–Crippen MR) is 145 cm³/mol. The second kappa shape index (κ2) is 10.8. The van der Waals surface area contributed by atoms with Gasteiger partial charge < -0.3 is 19.4 Å². The van der Waals surface area contributed by atoms with Gasteiger partial charge in [0.05, 0.1) is 0 Å². The summed E-state index contributed by atoms with van der Waals surface area (Å²) in [6, 6.07) is 17.6. The first kappa shape index (κ1) is 26.2. The van der Waals surface area contributed by atoms with Gasteiger partial charge in [0.1, 0.15) is 5.60 Å². The standard InChI is InChI=1S/C30H38N4O4/c1-30(2,3)38-29(37)33-14-13-23(19-33)25-11-7-8-12-26(25)28(36)34-20-24(21-34)31-15-17-32(18-16-31)27(35)22-9-5-4-6-10-22/h4-12,23-24H,13-21H2,1-3H3/t23-/m1/s1. The third-order valence-electron chi connectivity index (χ3n) is 7.76. The smallest absolute Gasteiger partial charge is 0.410 e. The molecule has 0 radical (unpaired) electrons. The van der Waals surface area contributed by atoms with E-state index in [9.17, 15) is 14.4 Å². The fourth-order valence-electron chi connectivity index (χ4n) is 5.63. The van der Waals surface area contributed by atoms with Gasteiger partial charge in [-0.3, -0.25) is 14.5 Å². The van der Waals surface area contributed by atoms with Crippen LogP contribution in [0.15, 0.2) is 54.6 Å². The van der Waals surface area contributed by atoms with Crippen LogP contribution in [0.1, 0.15) is 59.4 Å². The van der Waals surface area contributed by atoms with E-state index < -0.39 is 5.60 Å². The lowest BCUT2D eigenvalue weighted by Gasteiger charge is -2.48. The molecule has 0 aliphatic carbocycles. The molecular weight excluding hydrogens is 480 g/mol. The van der Waals surface area contributed by atoms with E-state index in [4.69, 9.17) is 4.74 Å². The zero-order chi connectivity index (χ0) is 26.9. The summed E-state index contributed by atoms with van der Waals surface area (Å²) in [5.41, 5.74) is 1.96. The molecule has 3 heterocycles. The van der Waals surface area contributed by atoms with Gasteiger partial charge in [0.2, 0.25) is 0 Å². The number of carbonyl (C=O) groups is 3. The summed E-state index contributed by atoms with van der Waals surface area (Å²) >= 11 is 0. The van der Waals surface area contributed by atoms with Crippen molar-refractivity contribution in [1.82, 2.24) is 19.6 Å². The maximum atomic E-state index is 13.5. The Hall–Kier alpha value is -3.39. The number of hydrogen-bond donors (Lipinski definition) is 0. The van der Waals surface area contributed by atoms with E-state index in [2.05, 4.69) is 4.90 Å². The van der Waals surface area contributed by atoms with Gasteiger partial charge in [-0.15, -0.1) is 0 Å². The molecule has 0 saturated carbocycles. The molecule has 0 unspecified atom stereocenters. The minimum Gasteiger partial charge on any atom is -0.444 e. The molecule has 5 rings (SSSR count). The fourth-order valence-corrected chi connectivity index (χ4v) is 5.63. The van der Waals surface area contributed by atoms with Crippen LogP contribution in [-0.2, 0) is 4.74 Å². The molecule has 0 bridgehead atoms. The van der Waals surface area contributed by atoms with E-state index in [1.54, 1.807) is 4.90 Å². The van der Waals surface area contributed by atoms with E-state index in [0.29, 0.717) is 45.3 Å². The van der Waals surface area contributed by atoms with Crippen LogP contribution in [0.3, 0.4) is 0 Å². The largest absolute Gasteiger partial charge is 0.444 e. The average Bonchev–Trinajstić information content (AvgIpc) is 3.38. The molecule has 3 fully saturated rings. The van der Waals surface area contributed by atoms with Crippen molar-refractivity contribution in [1.29, 1.82) is 0 Å². The van der Waals surface area contributed by atoms with Crippen molar-refractivity contribution in [3.05, 3.63) is 71.3 Å². The molecule has 8 nitrogen and oxygen atoms in total. The van der Waals surface area contributed by atoms with Gasteiger partial charge in [-0.2, -0.15) is 0 Å². The molecular formula is C30H38N4O4. The van der Waals surface area contributed by atoms with Crippen molar-refractivity contribution in [3.8, 4) is 0 Å². The van der Waals surface area contributed by atoms with Gasteiger partial charge in [-0.1, -0.05) is 36.4 Å². The van der Waals surface area contributed by atoms with Crippen molar-refractivity contribution in [3.63, 3.8) is 0 Å². The third-order valence-corrected chi connectivity index (χ3v) is 7.76. The molecule has 2 aromatic rings. The lowest BCUT2D eigenvalue weighted by atomic mass is 9.92. The van der Waals surface area contributed by atoms with Crippen molar-refractivity contribution in [2.45, 2.75) is 44.8 Å². The highest BCUT2D eigenvalue weighted by Gasteiger charge is 2.39. The Bertz CT molecular complexity index is 1160. The Kier molecular flexibility index (Phi) is 7.43. The minimum atomic E-state index is -0.527. The van der Waals surface area contributed by atoms with Crippen LogP contribution in [0.25, 0.3) is 0 Å². The number of piperazine rings is 1. The first-order chi connectivity index (χ1) is 18.2. The van der Waals surface area contributed by atoms with Crippen LogP contribution in [0.5, 0.6) is 0 Å². The molecule has 1 atom stereocenters. The molecule has 3 aliphatic rings. The summed E-state index contributed by atoms with van der Waals surface area (Å²) < 4.78 is 5.55. The topological polar surface area (TPSA) is 73.4 Å². The van der Waals surface area contributed by atoms with E-state index in [1.807, 2.05) is 85.2 Å². The zero-order valence-electron chi connectivity index (χ0n) is 22.6. The van der Waals surface area contributed by atoms with E-state index >= 15 is 0 Å². The predicted octanol–water partition coefficient (Wildman–Crippen LogP) is 3.69. The second-order valence-corrected chi connectivity index (χ2v) is 11.6. The van der Waals surface area contributed by atoms with Crippen molar-refractivity contribution in [2.75, 3.05) is 52.4 Å². The Morgan fingerprint density at radius 2 is 1.39 bits per heavy atom. The van der Waals surface area contributed by atoms with Crippen LogP contribution >= 0.6 is 0 Å². The number of carbonyl (C=O) groups excluding carboxylic acids is 3. The number of nitrogens with zero attached hydrogens (tertiary/aromatic N) is 4. The first-order valence-corrected chi connectivity index (χ1v) is 13.6. The van der Waals surface area contributed by atoms with Crippen LogP contribution in [0, 0.1) is 0 Å². The summed E-state index contributed by atoms with van der Waals surface area (Å²) in [4.78, 5) is 46.8. The molecule has 0 spiro atoms. The average molecular weight is 519 g/mol. The SMILES string of the molecule is CC(C)(C)OC(=O)N1CC[C@@H](c2ccccc2C(=O)N2CC(N3CCN(C(=O)c4ccccc4)CC3)C2)C1. The molecule has 3 aliphatic heterocycles. The van der Waals surface area contributed by atoms with E-state index in [1.165, 1.54) is 0 Å². The molecule has 38 heavy (non-hydrogen) atoms. The number of benzene rings is 2. The Labute approximate surface area is 225 Å². The molecule has 0 N–H and O–H groups in total. The van der Waals surface area contributed by atoms with Crippen LogP contribution in [-0.4, -0.2) is 102 Å². The van der Waals surface area contributed by atoms with Gasteiger partial charge in [0.15, 0.2) is 0 Å². The van der Waals surface area contributed by atoms with Crippen molar-refractivity contribution < 1.29 is 19.1 Å². The summed E-state index contributed by atoms with van der Waals surface area (Å²) in [7, 11) is 0. The number of hydrogen-bond acceptors (Lipinski definition) is 5. The summed E-state index contributed by atoms with van der Waals surface area (Å²) in [5, 5.41) is 0. The molecule has 8 heteroatoms. The monoisotopic (exact) mass is 518 g/mol. The van der Waals surface area contributed by atoms with E-state index in [-0.39, 0.29) is 23.8 Å². The van der Waals surface area contributed by atoms with Gasteiger partial charge in [0.25, 0.3) is 11.8 Å². The zero-order valence-corrected chi connectivity index (χ0v) is 22.6. The van der Waals surface area contributed by atoms with Crippen LogP contribution < -0.4 is 0 Å².